The normalized spacial score (nSPS) is 25.2. The summed E-state index contributed by atoms with van der Waals surface area (Å²) < 4.78 is 0. The van der Waals surface area contributed by atoms with Gasteiger partial charge in [-0.05, 0) is 19.9 Å². The van der Waals surface area contributed by atoms with Gasteiger partial charge < -0.3 is 10.2 Å². The fourth-order valence-corrected chi connectivity index (χ4v) is 2.05. The Hall–Kier alpha value is -1.67. The van der Waals surface area contributed by atoms with E-state index in [1.807, 2.05) is 6.07 Å². The molecular weight excluding hydrogens is 202 g/mol. The third-order valence-corrected chi connectivity index (χ3v) is 2.60. The van der Waals surface area contributed by atoms with Crippen LogP contribution in [0.4, 0.5) is 5.95 Å². The largest absolute Gasteiger partial charge is 0.338 e. The van der Waals surface area contributed by atoms with Crippen molar-refractivity contribution in [2.75, 3.05) is 18.0 Å². The number of piperazine rings is 1. The lowest BCUT2D eigenvalue weighted by molar-refractivity contribution is 0.403. The number of nitrogens with one attached hydrogen (secondary N) is 1. The van der Waals surface area contributed by atoms with Gasteiger partial charge in [0, 0.05) is 31.4 Å². The van der Waals surface area contributed by atoms with Crippen LogP contribution in [0.2, 0.25) is 0 Å². The van der Waals surface area contributed by atoms with Crippen molar-refractivity contribution in [3.05, 3.63) is 18.0 Å². The maximum Gasteiger partial charge on any atom is 0.226 e. The monoisotopic (exact) mass is 217 g/mol. The third kappa shape index (κ3) is 2.28. The molecule has 1 aromatic heterocycles. The zero-order chi connectivity index (χ0) is 11.5. The predicted molar refractivity (Wildman–Crippen MR) is 61.0 cm³/mol. The van der Waals surface area contributed by atoms with E-state index >= 15 is 0 Å². The van der Waals surface area contributed by atoms with E-state index in [0.717, 1.165) is 13.1 Å². The average Bonchev–Trinajstić information content (AvgIpc) is 2.28. The van der Waals surface area contributed by atoms with E-state index in [9.17, 15) is 0 Å². The highest BCUT2D eigenvalue weighted by molar-refractivity contribution is 5.34. The van der Waals surface area contributed by atoms with Gasteiger partial charge in [-0.2, -0.15) is 5.26 Å². The minimum atomic E-state index is 0.415. The maximum atomic E-state index is 8.79. The van der Waals surface area contributed by atoms with Crippen LogP contribution >= 0.6 is 0 Å². The molecule has 2 atom stereocenters. The molecule has 1 aromatic rings. The first kappa shape index (κ1) is 10.8. The summed E-state index contributed by atoms with van der Waals surface area (Å²) >= 11 is 0. The molecule has 2 unspecified atom stereocenters. The molecule has 1 N–H and O–H groups in total. The Bertz CT molecular complexity index is 401. The summed E-state index contributed by atoms with van der Waals surface area (Å²) in [4.78, 5) is 10.5. The lowest BCUT2D eigenvalue weighted by atomic mass is 10.1. The van der Waals surface area contributed by atoms with Gasteiger partial charge in [-0.1, -0.05) is 0 Å². The van der Waals surface area contributed by atoms with E-state index in [4.69, 9.17) is 5.26 Å². The van der Waals surface area contributed by atoms with Gasteiger partial charge in [0.15, 0.2) is 0 Å². The van der Waals surface area contributed by atoms with Gasteiger partial charge >= 0.3 is 0 Å². The fourth-order valence-electron chi connectivity index (χ4n) is 2.05. The van der Waals surface area contributed by atoms with E-state index in [1.54, 1.807) is 12.3 Å². The SMILES string of the molecule is CC1CN(c2nccc(C#N)n2)CC(C)N1. The molecule has 84 valence electrons. The second-order valence-corrected chi connectivity index (χ2v) is 4.23. The highest BCUT2D eigenvalue weighted by Gasteiger charge is 2.22. The van der Waals surface area contributed by atoms with E-state index in [2.05, 4.69) is 34.0 Å². The van der Waals surface area contributed by atoms with E-state index < -0.39 is 0 Å². The summed E-state index contributed by atoms with van der Waals surface area (Å²) in [7, 11) is 0. The Labute approximate surface area is 95.1 Å². The van der Waals surface area contributed by atoms with Gasteiger partial charge in [0.05, 0.1) is 0 Å². The quantitative estimate of drug-likeness (QED) is 0.743. The Morgan fingerprint density at radius 2 is 2.12 bits per heavy atom. The number of aromatic nitrogens is 2. The van der Waals surface area contributed by atoms with Crippen molar-refractivity contribution in [2.45, 2.75) is 25.9 Å². The molecule has 1 fully saturated rings. The molecule has 0 spiro atoms. The van der Waals surface area contributed by atoms with Crippen LogP contribution in [0.25, 0.3) is 0 Å². The number of nitriles is 1. The molecule has 16 heavy (non-hydrogen) atoms. The van der Waals surface area contributed by atoms with Crippen molar-refractivity contribution in [1.29, 1.82) is 5.26 Å². The van der Waals surface area contributed by atoms with Gasteiger partial charge in [0.2, 0.25) is 5.95 Å². The van der Waals surface area contributed by atoms with Crippen LogP contribution in [0.1, 0.15) is 19.5 Å². The number of hydrogen-bond donors (Lipinski definition) is 1. The molecule has 2 rings (SSSR count). The van der Waals surface area contributed by atoms with Gasteiger partial charge in [0.1, 0.15) is 11.8 Å². The Kier molecular flexibility index (Phi) is 3.02. The van der Waals surface area contributed by atoms with Gasteiger partial charge in [0.25, 0.3) is 0 Å². The summed E-state index contributed by atoms with van der Waals surface area (Å²) in [5.41, 5.74) is 0.420. The summed E-state index contributed by atoms with van der Waals surface area (Å²) in [6, 6.07) is 4.49. The summed E-state index contributed by atoms with van der Waals surface area (Å²) in [5, 5.41) is 12.2. The maximum absolute atomic E-state index is 8.79. The topological polar surface area (TPSA) is 64.8 Å². The molecule has 1 saturated heterocycles. The van der Waals surface area contributed by atoms with Gasteiger partial charge in [-0.25, -0.2) is 9.97 Å². The summed E-state index contributed by atoms with van der Waals surface area (Å²) in [6.07, 6.45) is 1.64. The zero-order valence-corrected chi connectivity index (χ0v) is 9.51. The Balaban J connectivity index is 2.20. The Morgan fingerprint density at radius 1 is 1.44 bits per heavy atom. The minimum Gasteiger partial charge on any atom is -0.338 e. The minimum absolute atomic E-state index is 0.415. The fraction of sp³-hybridized carbons (Fsp3) is 0.545. The van der Waals surface area contributed by atoms with Gasteiger partial charge in [-0.15, -0.1) is 0 Å². The molecule has 2 heterocycles. The van der Waals surface area contributed by atoms with Crippen LogP contribution in [0.15, 0.2) is 12.3 Å². The van der Waals surface area contributed by atoms with Crippen LogP contribution in [-0.4, -0.2) is 35.1 Å². The first-order valence-corrected chi connectivity index (χ1v) is 5.43. The molecule has 0 saturated carbocycles. The van der Waals surface area contributed by atoms with Crippen molar-refractivity contribution in [1.82, 2.24) is 15.3 Å². The standard InChI is InChI=1S/C11H15N5/c1-8-6-16(7-9(2)14-8)11-13-4-3-10(5-12)15-11/h3-4,8-9,14H,6-7H2,1-2H3. The lowest BCUT2D eigenvalue weighted by Gasteiger charge is -2.36. The second-order valence-electron chi connectivity index (χ2n) is 4.23. The molecular formula is C11H15N5. The summed E-state index contributed by atoms with van der Waals surface area (Å²) in [6.45, 7) is 6.02. The second kappa shape index (κ2) is 4.45. The molecule has 5 nitrogen and oxygen atoms in total. The predicted octanol–water partition coefficient (Wildman–Crippen LogP) is 0.535. The highest BCUT2D eigenvalue weighted by Crippen LogP contribution is 2.12. The van der Waals surface area contributed by atoms with E-state index in [-0.39, 0.29) is 0 Å². The molecule has 0 bridgehead atoms. The average molecular weight is 217 g/mol. The van der Waals surface area contributed by atoms with E-state index in [0.29, 0.717) is 23.7 Å². The van der Waals surface area contributed by atoms with Crippen LogP contribution in [0, 0.1) is 11.3 Å². The van der Waals surface area contributed by atoms with Crippen LogP contribution < -0.4 is 10.2 Å². The molecule has 1 aliphatic heterocycles. The third-order valence-electron chi connectivity index (χ3n) is 2.60. The van der Waals surface area contributed by atoms with E-state index in [1.165, 1.54) is 0 Å². The van der Waals surface area contributed by atoms with Crippen molar-refractivity contribution in [3.8, 4) is 6.07 Å². The molecule has 1 aliphatic rings. The number of anilines is 1. The Morgan fingerprint density at radius 3 is 2.75 bits per heavy atom. The van der Waals surface area contributed by atoms with Crippen molar-refractivity contribution >= 4 is 5.95 Å². The number of rotatable bonds is 1. The van der Waals surface area contributed by atoms with Crippen LogP contribution in [-0.2, 0) is 0 Å². The van der Waals surface area contributed by atoms with Gasteiger partial charge in [-0.3, -0.25) is 0 Å². The van der Waals surface area contributed by atoms with Crippen LogP contribution in [0.5, 0.6) is 0 Å². The molecule has 0 radical (unpaired) electrons. The first-order chi connectivity index (χ1) is 7.69. The molecule has 0 aromatic carbocycles. The molecule has 5 heteroatoms. The lowest BCUT2D eigenvalue weighted by Crippen LogP contribution is -2.54. The zero-order valence-electron chi connectivity index (χ0n) is 9.51. The van der Waals surface area contributed by atoms with Crippen LogP contribution in [0.3, 0.4) is 0 Å². The molecule has 0 aliphatic carbocycles. The smallest absolute Gasteiger partial charge is 0.226 e. The van der Waals surface area contributed by atoms with Crippen molar-refractivity contribution in [3.63, 3.8) is 0 Å². The van der Waals surface area contributed by atoms with Crippen molar-refractivity contribution in [2.24, 2.45) is 0 Å². The molecule has 0 amide bonds. The first-order valence-electron chi connectivity index (χ1n) is 5.43. The number of nitrogens with zero attached hydrogens (tertiary/aromatic N) is 4. The highest BCUT2D eigenvalue weighted by atomic mass is 15.3. The number of hydrogen-bond acceptors (Lipinski definition) is 5. The van der Waals surface area contributed by atoms with Crippen molar-refractivity contribution < 1.29 is 0 Å². The summed E-state index contributed by atoms with van der Waals surface area (Å²) in [5.74, 6) is 0.652.